The number of phenolic OH excluding ortho intramolecular Hbond substituents is 1. The van der Waals surface area contributed by atoms with Crippen molar-refractivity contribution in [1.29, 1.82) is 0 Å². The number of carboxylic acid groups (broad SMARTS) is 2. The van der Waals surface area contributed by atoms with Crippen molar-refractivity contribution in [2.45, 2.75) is 86.7 Å². The minimum atomic E-state index is -1.92. The Morgan fingerprint density at radius 2 is 1.93 bits per heavy atom. The van der Waals surface area contributed by atoms with Gasteiger partial charge in [-0.2, -0.15) is 0 Å². The van der Waals surface area contributed by atoms with Gasteiger partial charge in [0, 0.05) is 24.4 Å². The SMILES string of the molecule is C[C@H](OC(O)C[C@H](O)C(=O)OC1=CC[C@@]2(O)[C@H]3Cc4ccc(O)c5c4C2(CCN3C)[C@H]1O5)C(=O)N[C@@H](CC(=O)O)C(=O)O. The molecule has 1 saturated heterocycles. The number of ether oxygens (including phenoxy) is 3. The Morgan fingerprint density at radius 3 is 2.60 bits per heavy atom. The molecule has 0 radical (unpaired) electrons. The normalized spacial score (nSPS) is 29.7. The predicted molar refractivity (Wildman–Crippen MR) is 142 cm³/mol. The lowest BCUT2D eigenvalue weighted by molar-refractivity contribution is -0.180. The molecule has 2 aliphatic carbocycles. The number of nitrogens with one attached hydrogen (secondary N) is 1. The van der Waals surface area contributed by atoms with Gasteiger partial charge in [0.15, 0.2) is 30.0 Å². The van der Waals surface area contributed by atoms with Crippen LogP contribution in [0.25, 0.3) is 0 Å². The largest absolute Gasteiger partial charge is 0.504 e. The molecule has 1 aromatic rings. The van der Waals surface area contributed by atoms with Gasteiger partial charge in [0.25, 0.3) is 0 Å². The molecule has 8 atom stereocenters. The van der Waals surface area contributed by atoms with Crippen molar-refractivity contribution in [3.8, 4) is 11.5 Å². The number of nitrogens with zero attached hydrogens (tertiary/aromatic N) is 1. The maximum atomic E-state index is 12.9. The average molecular weight is 607 g/mol. The summed E-state index contributed by atoms with van der Waals surface area (Å²) in [5.74, 6) is -5.08. The molecule has 0 saturated carbocycles. The number of piperidine rings is 1. The average Bonchev–Trinajstić information content (AvgIpc) is 3.29. The van der Waals surface area contributed by atoms with Gasteiger partial charge < -0.3 is 55.1 Å². The van der Waals surface area contributed by atoms with Crippen molar-refractivity contribution in [1.82, 2.24) is 10.2 Å². The Kier molecular flexibility index (Phi) is 7.89. The van der Waals surface area contributed by atoms with Crippen LogP contribution in [0.1, 0.15) is 43.7 Å². The van der Waals surface area contributed by atoms with E-state index >= 15 is 0 Å². The van der Waals surface area contributed by atoms with Crippen LogP contribution in [0.15, 0.2) is 24.0 Å². The van der Waals surface area contributed by atoms with Crippen LogP contribution in [0, 0.1) is 0 Å². The molecule has 4 aliphatic rings. The number of aliphatic hydroxyl groups is 3. The number of hydrogen-bond donors (Lipinski definition) is 7. The Bertz CT molecular complexity index is 1380. The van der Waals surface area contributed by atoms with E-state index in [0.717, 1.165) is 12.5 Å². The standard InChI is InChI=1S/C28H34N2O13/c1-12(24(36)29-14(25(37)38)10-19(33)34)41-20(35)11-16(32)26(39)42-17-5-6-28(40)18-9-13-3-4-15(31)22-21(13)27(28,23(17)43-22)7-8-30(18)2/h3-5,12,14,16,18,20,23,31-32,35,40H,6-11H2,1-2H3,(H,29,36)(H,33,34)(H,37,38)/t12-,14-,16-,18+,20?,23-,27?,28+/m0/s1. The van der Waals surface area contributed by atoms with Gasteiger partial charge >= 0.3 is 17.9 Å². The molecule has 1 amide bonds. The number of phenols is 1. The van der Waals surface area contributed by atoms with Gasteiger partial charge in [-0.3, -0.25) is 9.59 Å². The summed E-state index contributed by atoms with van der Waals surface area (Å²) < 4.78 is 16.8. The minimum Gasteiger partial charge on any atom is -0.504 e. The Morgan fingerprint density at radius 1 is 1.21 bits per heavy atom. The number of rotatable bonds is 11. The molecule has 43 heavy (non-hydrogen) atoms. The quantitative estimate of drug-likeness (QED) is 0.115. The van der Waals surface area contributed by atoms with Gasteiger partial charge in [0.05, 0.1) is 17.4 Å². The first-order valence-corrected chi connectivity index (χ1v) is 13.8. The lowest BCUT2D eigenvalue weighted by Crippen LogP contribution is -2.74. The molecule has 2 aliphatic heterocycles. The zero-order valence-electron chi connectivity index (χ0n) is 23.4. The topological polar surface area (TPSA) is 233 Å². The summed E-state index contributed by atoms with van der Waals surface area (Å²) in [7, 11) is 1.93. The van der Waals surface area contributed by atoms with Crippen molar-refractivity contribution in [2.24, 2.45) is 0 Å². The summed E-state index contributed by atoms with van der Waals surface area (Å²) in [5, 5.41) is 63.3. The number of carbonyl (C=O) groups is 4. The van der Waals surface area contributed by atoms with Gasteiger partial charge in [-0.25, -0.2) is 9.59 Å². The number of aliphatic carboxylic acids is 2. The number of benzene rings is 1. The summed E-state index contributed by atoms with van der Waals surface area (Å²) >= 11 is 0. The Labute approximate surface area is 245 Å². The summed E-state index contributed by atoms with van der Waals surface area (Å²) in [5.41, 5.74) is -0.687. The molecular weight excluding hydrogens is 572 g/mol. The molecule has 7 N–H and O–H groups in total. The van der Waals surface area contributed by atoms with E-state index in [-0.39, 0.29) is 29.7 Å². The van der Waals surface area contributed by atoms with Gasteiger partial charge in [-0.1, -0.05) is 6.07 Å². The second-order valence-corrected chi connectivity index (χ2v) is 11.5. The van der Waals surface area contributed by atoms with E-state index in [2.05, 4.69) is 4.90 Å². The molecule has 5 rings (SSSR count). The fraction of sp³-hybridized carbons (Fsp3) is 0.571. The van der Waals surface area contributed by atoms with Crippen LogP contribution in [0.3, 0.4) is 0 Å². The number of carboxylic acids is 2. The van der Waals surface area contributed by atoms with Crippen LogP contribution in [-0.2, 0) is 40.5 Å². The molecule has 234 valence electrons. The highest BCUT2D eigenvalue weighted by Crippen LogP contribution is 2.65. The highest BCUT2D eigenvalue weighted by molar-refractivity contribution is 5.88. The van der Waals surface area contributed by atoms with Gasteiger partial charge in [0.2, 0.25) is 5.91 Å². The van der Waals surface area contributed by atoms with Crippen LogP contribution in [0.4, 0.5) is 0 Å². The first-order valence-electron chi connectivity index (χ1n) is 13.8. The Balaban J connectivity index is 1.26. The van der Waals surface area contributed by atoms with E-state index in [9.17, 15) is 39.6 Å². The number of carbonyl (C=O) groups excluding carboxylic acids is 2. The summed E-state index contributed by atoms with van der Waals surface area (Å²) in [4.78, 5) is 49.3. The second kappa shape index (κ2) is 11.1. The van der Waals surface area contributed by atoms with Gasteiger partial charge in [0.1, 0.15) is 17.9 Å². The third kappa shape index (κ3) is 5.00. The van der Waals surface area contributed by atoms with E-state index in [1.165, 1.54) is 12.1 Å². The summed E-state index contributed by atoms with van der Waals surface area (Å²) in [6.07, 6.45) is -5.20. The Hall–Kier alpha value is -3.76. The monoisotopic (exact) mass is 606 g/mol. The van der Waals surface area contributed by atoms with Gasteiger partial charge in [-0.05, 0) is 51.1 Å². The number of likely N-dealkylation sites (tertiary alicyclic amines) is 1. The number of aromatic hydroxyl groups is 1. The molecule has 1 spiro atoms. The maximum Gasteiger partial charge on any atom is 0.340 e. The summed E-state index contributed by atoms with van der Waals surface area (Å²) in [6, 6.07) is 1.34. The predicted octanol–water partition coefficient (Wildman–Crippen LogP) is -1.27. The first kappa shape index (κ1) is 30.7. The fourth-order valence-electron chi connectivity index (χ4n) is 6.93. The third-order valence-electron chi connectivity index (χ3n) is 8.99. The fourth-order valence-corrected chi connectivity index (χ4v) is 6.93. The molecule has 15 nitrogen and oxygen atoms in total. The lowest BCUT2D eigenvalue weighted by atomic mass is 9.50. The lowest BCUT2D eigenvalue weighted by Gasteiger charge is -2.61. The molecular formula is C28H34N2O13. The molecule has 1 fully saturated rings. The zero-order chi connectivity index (χ0) is 31.4. The molecule has 2 unspecified atom stereocenters. The van der Waals surface area contributed by atoms with E-state index < -0.39 is 78.3 Å². The van der Waals surface area contributed by atoms with E-state index in [4.69, 9.17) is 24.4 Å². The van der Waals surface area contributed by atoms with Crippen molar-refractivity contribution in [3.05, 3.63) is 35.1 Å². The smallest absolute Gasteiger partial charge is 0.340 e. The van der Waals surface area contributed by atoms with Crippen LogP contribution >= 0.6 is 0 Å². The third-order valence-corrected chi connectivity index (χ3v) is 8.99. The molecule has 1 aromatic carbocycles. The number of amides is 1. The van der Waals surface area contributed by atoms with Crippen LogP contribution in [0.5, 0.6) is 11.5 Å². The number of esters is 1. The molecule has 15 heteroatoms. The van der Waals surface area contributed by atoms with E-state index in [0.29, 0.717) is 24.9 Å². The zero-order valence-corrected chi connectivity index (χ0v) is 23.4. The van der Waals surface area contributed by atoms with Crippen molar-refractivity contribution in [3.63, 3.8) is 0 Å². The molecule has 0 aromatic heterocycles. The van der Waals surface area contributed by atoms with Crippen LogP contribution < -0.4 is 10.1 Å². The van der Waals surface area contributed by atoms with Gasteiger partial charge in [-0.15, -0.1) is 0 Å². The van der Waals surface area contributed by atoms with Crippen molar-refractivity contribution >= 4 is 23.8 Å². The van der Waals surface area contributed by atoms with Crippen molar-refractivity contribution in [2.75, 3.05) is 13.6 Å². The number of aliphatic hydroxyl groups excluding tert-OH is 2. The van der Waals surface area contributed by atoms with E-state index in [1.807, 2.05) is 12.4 Å². The summed E-state index contributed by atoms with van der Waals surface area (Å²) in [6.45, 7) is 1.78. The van der Waals surface area contributed by atoms with E-state index in [1.54, 1.807) is 6.07 Å². The van der Waals surface area contributed by atoms with Crippen molar-refractivity contribution < 1.29 is 64.0 Å². The second-order valence-electron chi connectivity index (χ2n) is 11.5. The highest BCUT2D eigenvalue weighted by Gasteiger charge is 2.72. The number of hydrogen-bond acceptors (Lipinski definition) is 12. The maximum absolute atomic E-state index is 12.9. The van der Waals surface area contributed by atoms with Crippen LogP contribution in [0.2, 0.25) is 0 Å². The minimum absolute atomic E-state index is 0.0433. The number of likely N-dealkylation sites (N-methyl/N-ethyl adjacent to an activating group) is 1. The molecule has 2 bridgehead atoms. The highest BCUT2D eigenvalue weighted by atomic mass is 16.6. The molecule has 2 heterocycles. The van der Waals surface area contributed by atoms with Crippen LogP contribution in [-0.4, -0.2) is 115 Å². The first-order chi connectivity index (χ1) is 20.2.